The number of fused-ring (bicyclic) bond motifs is 1. The number of nitrogens with zero attached hydrogens (tertiary/aromatic N) is 4. The SMILES string of the molecule is CN(C)C(=O)CC(O)c1cc2n(n1)CCN(C(=O)Cc1ccsc1)C2. The van der Waals surface area contributed by atoms with E-state index >= 15 is 0 Å². The summed E-state index contributed by atoms with van der Waals surface area (Å²) in [5.74, 6) is -0.0539. The van der Waals surface area contributed by atoms with Crippen molar-refractivity contribution in [3.8, 4) is 0 Å². The molecule has 2 aromatic heterocycles. The molecule has 7 nitrogen and oxygen atoms in total. The number of aromatic nitrogens is 2. The van der Waals surface area contributed by atoms with Gasteiger partial charge in [0.25, 0.3) is 0 Å². The Kier molecular flexibility index (Phi) is 5.19. The first-order valence-corrected chi connectivity index (χ1v) is 9.12. The van der Waals surface area contributed by atoms with Gasteiger partial charge in [0.15, 0.2) is 0 Å². The van der Waals surface area contributed by atoms with E-state index < -0.39 is 6.10 Å². The van der Waals surface area contributed by atoms with Crippen LogP contribution in [0.3, 0.4) is 0 Å². The van der Waals surface area contributed by atoms with Crippen molar-refractivity contribution in [3.05, 3.63) is 39.8 Å². The second kappa shape index (κ2) is 7.37. The summed E-state index contributed by atoms with van der Waals surface area (Å²) in [7, 11) is 3.31. The summed E-state index contributed by atoms with van der Waals surface area (Å²) in [6.45, 7) is 1.67. The predicted molar refractivity (Wildman–Crippen MR) is 93.9 cm³/mol. The van der Waals surface area contributed by atoms with Gasteiger partial charge in [0.1, 0.15) is 6.10 Å². The zero-order chi connectivity index (χ0) is 18.0. The van der Waals surface area contributed by atoms with Crippen molar-refractivity contribution in [1.82, 2.24) is 19.6 Å². The minimum atomic E-state index is -0.928. The first-order valence-electron chi connectivity index (χ1n) is 8.17. The van der Waals surface area contributed by atoms with Crippen molar-refractivity contribution < 1.29 is 14.7 Å². The van der Waals surface area contributed by atoms with Gasteiger partial charge in [-0.05, 0) is 28.5 Å². The number of aliphatic hydroxyl groups excluding tert-OH is 1. The summed E-state index contributed by atoms with van der Waals surface area (Å²) in [5.41, 5.74) is 2.40. The van der Waals surface area contributed by atoms with Crippen molar-refractivity contribution in [3.63, 3.8) is 0 Å². The average Bonchev–Trinajstić information content (AvgIpc) is 3.22. The van der Waals surface area contributed by atoms with E-state index in [0.717, 1.165) is 11.3 Å². The molecule has 0 bridgehead atoms. The van der Waals surface area contributed by atoms with E-state index in [4.69, 9.17) is 0 Å². The van der Waals surface area contributed by atoms with Gasteiger partial charge in [0.05, 0.1) is 37.3 Å². The maximum absolute atomic E-state index is 12.4. The Bertz CT molecular complexity index is 754. The molecule has 2 amide bonds. The van der Waals surface area contributed by atoms with Gasteiger partial charge < -0.3 is 14.9 Å². The number of thiophene rings is 1. The fourth-order valence-corrected chi connectivity index (χ4v) is 3.47. The Morgan fingerprint density at radius 2 is 2.20 bits per heavy atom. The Balaban J connectivity index is 1.64. The standard InChI is InChI=1S/C17H22N4O3S/c1-19(2)16(23)9-15(22)14-8-13-10-20(4-5-21(13)18-14)17(24)7-12-3-6-25-11-12/h3,6,8,11,15,22H,4-5,7,9-10H2,1-2H3. The lowest BCUT2D eigenvalue weighted by molar-refractivity contribution is -0.132. The van der Waals surface area contributed by atoms with Crippen molar-refractivity contribution in [2.24, 2.45) is 0 Å². The van der Waals surface area contributed by atoms with Crippen molar-refractivity contribution in [2.45, 2.75) is 32.0 Å². The van der Waals surface area contributed by atoms with Gasteiger partial charge in [-0.3, -0.25) is 14.3 Å². The van der Waals surface area contributed by atoms with Crippen LogP contribution in [0.4, 0.5) is 0 Å². The van der Waals surface area contributed by atoms with Gasteiger partial charge >= 0.3 is 0 Å². The van der Waals surface area contributed by atoms with Crippen LogP contribution in [0, 0.1) is 0 Å². The molecule has 1 N–H and O–H groups in total. The van der Waals surface area contributed by atoms with Crippen LogP contribution in [0.1, 0.15) is 29.5 Å². The van der Waals surface area contributed by atoms with Crippen LogP contribution in [-0.2, 0) is 29.1 Å². The third-order valence-corrected chi connectivity index (χ3v) is 5.05. The normalized spacial score (nSPS) is 14.9. The van der Waals surface area contributed by atoms with Crippen molar-refractivity contribution in [2.75, 3.05) is 20.6 Å². The third-order valence-electron chi connectivity index (χ3n) is 4.31. The molecule has 0 saturated carbocycles. The minimum absolute atomic E-state index is 0.00422. The fourth-order valence-electron chi connectivity index (χ4n) is 2.80. The van der Waals surface area contributed by atoms with Crippen LogP contribution in [0.2, 0.25) is 0 Å². The number of rotatable bonds is 5. The summed E-state index contributed by atoms with van der Waals surface area (Å²) < 4.78 is 1.81. The zero-order valence-corrected chi connectivity index (χ0v) is 15.2. The van der Waals surface area contributed by atoms with E-state index in [0.29, 0.717) is 31.7 Å². The highest BCUT2D eigenvalue weighted by molar-refractivity contribution is 7.08. The highest BCUT2D eigenvalue weighted by Gasteiger charge is 2.25. The van der Waals surface area contributed by atoms with Gasteiger partial charge in [-0.25, -0.2) is 0 Å². The summed E-state index contributed by atoms with van der Waals surface area (Å²) >= 11 is 1.59. The molecule has 0 aliphatic carbocycles. The van der Waals surface area contributed by atoms with E-state index in [1.54, 1.807) is 31.5 Å². The summed E-state index contributed by atoms with van der Waals surface area (Å²) in [4.78, 5) is 27.4. The molecule has 134 valence electrons. The lowest BCUT2D eigenvalue weighted by Gasteiger charge is -2.27. The molecule has 0 fully saturated rings. The molecule has 1 aliphatic heterocycles. The van der Waals surface area contributed by atoms with Crippen LogP contribution in [-0.4, -0.2) is 57.1 Å². The topological polar surface area (TPSA) is 78.7 Å². The van der Waals surface area contributed by atoms with Crippen LogP contribution in [0.25, 0.3) is 0 Å². The number of aliphatic hydroxyl groups is 1. The van der Waals surface area contributed by atoms with Crippen LogP contribution in [0.15, 0.2) is 22.9 Å². The Hall–Kier alpha value is -2.19. The monoisotopic (exact) mass is 362 g/mol. The number of hydrogen-bond donors (Lipinski definition) is 1. The van der Waals surface area contributed by atoms with Gasteiger partial charge in [-0.2, -0.15) is 16.4 Å². The lowest BCUT2D eigenvalue weighted by atomic mass is 10.1. The molecule has 0 aromatic carbocycles. The van der Waals surface area contributed by atoms with Gasteiger partial charge in [0, 0.05) is 20.6 Å². The second-order valence-electron chi connectivity index (χ2n) is 6.42. The first kappa shape index (κ1) is 17.6. The molecule has 25 heavy (non-hydrogen) atoms. The summed E-state index contributed by atoms with van der Waals surface area (Å²) in [6, 6.07) is 3.75. The zero-order valence-electron chi connectivity index (χ0n) is 14.4. The van der Waals surface area contributed by atoms with Gasteiger partial charge in [-0.15, -0.1) is 0 Å². The lowest BCUT2D eigenvalue weighted by Crippen LogP contribution is -2.39. The predicted octanol–water partition coefficient (Wildman–Crippen LogP) is 1.04. The number of carbonyl (C=O) groups excluding carboxylic acids is 2. The molecular formula is C17H22N4O3S. The molecule has 0 saturated heterocycles. The molecule has 0 spiro atoms. The van der Waals surface area contributed by atoms with Crippen LogP contribution < -0.4 is 0 Å². The quantitative estimate of drug-likeness (QED) is 0.862. The molecule has 3 rings (SSSR count). The summed E-state index contributed by atoms with van der Waals surface area (Å²) in [5, 5.41) is 18.6. The van der Waals surface area contributed by atoms with Crippen LogP contribution >= 0.6 is 11.3 Å². The number of amides is 2. The third kappa shape index (κ3) is 4.08. The van der Waals surface area contributed by atoms with E-state index in [1.165, 1.54) is 4.90 Å². The van der Waals surface area contributed by atoms with Gasteiger partial charge in [0.2, 0.25) is 11.8 Å². The largest absolute Gasteiger partial charge is 0.386 e. The molecule has 3 heterocycles. The molecule has 2 aromatic rings. The molecular weight excluding hydrogens is 340 g/mol. The smallest absolute Gasteiger partial charge is 0.227 e. The second-order valence-corrected chi connectivity index (χ2v) is 7.20. The Labute approximate surface area is 150 Å². The minimum Gasteiger partial charge on any atom is -0.386 e. The van der Waals surface area contributed by atoms with Crippen LogP contribution in [0.5, 0.6) is 0 Å². The number of carbonyl (C=O) groups is 2. The van der Waals surface area contributed by atoms with Crippen molar-refractivity contribution in [1.29, 1.82) is 0 Å². The van der Waals surface area contributed by atoms with E-state index in [9.17, 15) is 14.7 Å². The molecule has 1 atom stereocenters. The Morgan fingerprint density at radius 3 is 2.88 bits per heavy atom. The summed E-state index contributed by atoms with van der Waals surface area (Å²) in [6.07, 6.45) is -0.516. The molecule has 1 unspecified atom stereocenters. The highest BCUT2D eigenvalue weighted by Crippen LogP contribution is 2.21. The number of hydrogen-bond acceptors (Lipinski definition) is 5. The maximum atomic E-state index is 12.4. The highest BCUT2D eigenvalue weighted by atomic mass is 32.1. The van der Waals surface area contributed by atoms with E-state index in [2.05, 4.69) is 5.10 Å². The average molecular weight is 362 g/mol. The Morgan fingerprint density at radius 1 is 1.40 bits per heavy atom. The van der Waals surface area contributed by atoms with E-state index in [-0.39, 0.29) is 18.2 Å². The molecule has 1 aliphatic rings. The molecule has 0 radical (unpaired) electrons. The maximum Gasteiger partial charge on any atom is 0.227 e. The first-order chi connectivity index (χ1) is 11.9. The van der Waals surface area contributed by atoms with Crippen molar-refractivity contribution >= 4 is 23.2 Å². The molecule has 8 heteroatoms. The van der Waals surface area contributed by atoms with E-state index in [1.807, 2.05) is 26.4 Å². The fraction of sp³-hybridized carbons (Fsp3) is 0.471. The van der Waals surface area contributed by atoms with Gasteiger partial charge in [-0.1, -0.05) is 0 Å².